The maximum atomic E-state index is 11.5. The molecule has 0 saturated heterocycles. The summed E-state index contributed by atoms with van der Waals surface area (Å²) >= 11 is 0. The van der Waals surface area contributed by atoms with Crippen LogP contribution in [0.15, 0.2) is 55.0 Å². The van der Waals surface area contributed by atoms with Crippen LogP contribution in [0.1, 0.15) is 0 Å². The van der Waals surface area contributed by atoms with Crippen molar-refractivity contribution in [3.63, 3.8) is 0 Å². The number of hydrogen-bond donors (Lipinski definition) is 0. The van der Waals surface area contributed by atoms with Gasteiger partial charge in [-0.2, -0.15) is 0 Å². The molecule has 0 amide bonds. The van der Waals surface area contributed by atoms with Crippen LogP contribution in [0.4, 0.5) is 0 Å². The maximum absolute atomic E-state index is 11.5. The first-order chi connectivity index (χ1) is 7.75. The molecule has 0 unspecified atom stereocenters. The van der Waals surface area contributed by atoms with E-state index in [0.717, 1.165) is 0 Å². The van der Waals surface area contributed by atoms with Gasteiger partial charge in [-0.05, 0) is 18.2 Å². The predicted molar refractivity (Wildman–Crippen MR) is 57.6 cm³/mol. The Kier molecular flexibility index (Phi) is 1.71. The van der Waals surface area contributed by atoms with Gasteiger partial charge < -0.3 is 8.83 Å². The van der Waals surface area contributed by atoms with Crippen LogP contribution in [-0.4, -0.2) is 0 Å². The van der Waals surface area contributed by atoms with E-state index in [1.165, 1.54) is 18.4 Å². The fraction of sp³-hybridized carbons (Fsp3) is 0. The van der Waals surface area contributed by atoms with Crippen LogP contribution < -0.4 is 11.1 Å². The van der Waals surface area contributed by atoms with Crippen LogP contribution in [0, 0.1) is 0 Å². The zero-order valence-corrected chi connectivity index (χ0v) is 8.10. The highest BCUT2D eigenvalue weighted by Gasteiger charge is 2.11. The van der Waals surface area contributed by atoms with E-state index in [4.69, 9.17) is 8.83 Å². The van der Waals surface area contributed by atoms with Crippen molar-refractivity contribution in [3.8, 4) is 11.3 Å². The standard InChI is InChI=1S/C12H6O4/c13-9-2-1-3-10-7(9)6-8-11(16-10)4-5-15-12(8)14/h1-6H. The SMILES string of the molecule is O=c1cccc2oc3ccoc(=O)c3cc1-2. The number of fused-ring (bicyclic) bond motifs is 2. The van der Waals surface area contributed by atoms with Crippen molar-refractivity contribution in [2.24, 2.45) is 0 Å². The summed E-state index contributed by atoms with van der Waals surface area (Å²) in [6.45, 7) is 0. The van der Waals surface area contributed by atoms with Crippen LogP contribution in [-0.2, 0) is 0 Å². The van der Waals surface area contributed by atoms with Crippen molar-refractivity contribution in [1.29, 1.82) is 0 Å². The smallest absolute Gasteiger partial charge is 0.346 e. The van der Waals surface area contributed by atoms with E-state index >= 15 is 0 Å². The van der Waals surface area contributed by atoms with Gasteiger partial charge in [0.25, 0.3) is 0 Å². The van der Waals surface area contributed by atoms with Gasteiger partial charge in [-0.25, -0.2) is 4.79 Å². The third-order valence-corrected chi connectivity index (χ3v) is 2.41. The summed E-state index contributed by atoms with van der Waals surface area (Å²) in [6, 6.07) is 7.78. The summed E-state index contributed by atoms with van der Waals surface area (Å²) in [4.78, 5) is 22.9. The zero-order valence-electron chi connectivity index (χ0n) is 8.10. The molecule has 4 nitrogen and oxygen atoms in total. The van der Waals surface area contributed by atoms with Crippen molar-refractivity contribution in [1.82, 2.24) is 0 Å². The first-order valence-electron chi connectivity index (χ1n) is 4.70. The fourth-order valence-electron chi connectivity index (χ4n) is 1.65. The van der Waals surface area contributed by atoms with Crippen LogP contribution in [0.25, 0.3) is 22.3 Å². The van der Waals surface area contributed by atoms with Gasteiger partial charge in [-0.15, -0.1) is 0 Å². The third kappa shape index (κ3) is 1.16. The average molecular weight is 214 g/mol. The lowest BCUT2D eigenvalue weighted by Gasteiger charge is -2.03. The molecule has 4 heteroatoms. The summed E-state index contributed by atoms with van der Waals surface area (Å²) in [5.41, 5.74) is 0.112. The van der Waals surface area contributed by atoms with E-state index in [1.807, 2.05) is 0 Å². The summed E-state index contributed by atoms with van der Waals surface area (Å²) in [5, 5.41) is 0.276. The molecule has 1 aliphatic carbocycles. The van der Waals surface area contributed by atoms with Crippen molar-refractivity contribution in [2.75, 3.05) is 0 Å². The van der Waals surface area contributed by atoms with E-state index in [9.17, 15) is 9.59 Å². The molecule has 0 N–H and O–H groups in total. The van der Waals surface area contributed by atoms with Crippen LogP contribution >= 0.6 is 0 Å². The third-order valence-electron chi connectivity index (χ3n) is 2.41. The number of hydrogen-bond acceptors (Lipinski definition) is 4. The monoisotopic (exact) mass is 214 g/mol. The lowest BCUT2D eigenvalue weighted by molar-refractivity contribution is 0.512. The second-order valence-electron chi connectivity index (χ2n) is 3.40. The molecule has 2 heterocycles. The normalized spacial score (nSPS) is 11.0. The fourth-order valence-corrected chi connectivity index (χ4v) is 1.65. The first kappa shape index (κ1) is 8.91. The van der Waals surface area contributed by atoms with Gasteiger partial charge in [-0.1, -0.05) is 6.07 Å². The Morgan fingerprint density at radius 2 is 1.94 bits per heavy atom. The number of benzene rings is 1. The Balaban J connectivity index is 2.61. The van der Waals surface area contributed by atoms with Gasteiger partial charge >= 0.3 is 5.63 Å². The van der Waals surface area contributed by atoms with Crippen molar-refractivity contribution in [2.45, 2.75) is 0 Å². The van der Waals surface area contributed by atoms with Crippen LogP contribution in [0.5, 0.6) is 0 Å². The molecule has 1 aliphatic heterocycles. The Morgan fingerprint density at radius 3 is 2.81 bits per heavy atom. The van der Waals surface area contributed by atoms with Gasteiger partial charge in [0.2, 0.25) is 0 Å². The highest BCUT2D eigenvalue weighted by Crippen LogP contribution is 2.22. The first-order valence-corrected chi connectivity index (χ1v) is 4.70. The molecule has 1 aromatic heterocycles. The molecule has 0 atom stereocenters. The molecule has 3 rings (SSSR count). The van der Waals surface area contributed by atoms with Gasteiger partial charge in [0, 0.05) is 6.07 Å². The van der Waals surface area contributed by atoms with Gasteiger partial charge in [0.1, 0.15) is 16.7 Å². The Hall–Kier alpha value is -2.36. The van der Waals surface area contributed by atoms with E-state index < -0.39 is 5.63 Å². The van der Waals surface area contributed by atoms with E-state index in [2.05, 4.69) is 0 Å². The molecule has 0 saturated carbocycles. The molecule has 78 valence electrons. The van der Waals surface area contributed by atoms with Crippen molar-refractivity contribution < 1.29 is 8.83 Å². The maximum Gasteiger partial charge on any atom is 0.346 e. The highest BCUT2D eigenvalue weighted by atomic mass is 16.4. The predicted octanol–water partition coefficient (Wildman–Crippen LogP) is 1.85. The van der Waals surface area contributed by atoms with Crippen LogP contribution in [0.2, 0.25) is 0 Å². The summed E-state index contributed by atoms with van der Waals surface area (Å²) in [7, 11) is 0. The second-order valence-corrected chi connectivity index (χ2v) is 3.40. The molecule has 0 aromatic carbocycles. The minimum absolute atomic E-state index is 0.175. The summed E-state index contributed by atoms with van der Waals surface area (Å²) in [6.07, 6.45) is 1.26. The van der Waals surface area contributed by atoms with Gasteiger partial charge in [0.15, 0.2) is 5.43 Å². The largest absolute Gasteiger partial charge is 0.456 e. The van der Waals surface area contributed by atoms with E-state index in [0.29, 0.717) is 16.9 Å². The van der Waals surface area contributed by atoms with E-state index in [-0.39, 0.29) is 10.8 Å². The second kappa shape index (κ2) is 3.06. The minimum Gasteiger partial charge on any atom is -0.456 e. The topological polar surface area (TPSA) is 60.4 Å². The minimum atomic E-state index is -0.508. The molecule has 0 radical (unpaired) electrons. The molecular weight excluding hydrogens is 208 g/mol. The Bertz CT molecular complexity index is 750. The molecular formula is C12H6O4. The molecule has 0 spiro atoms. The molecule has 16 heavy (non-hydrogen) atoms. The molecule has 1 aromatic rings. The van der Waals surface area contributed by atoms with Gasteiger partial charge in [-0.3, -0.25) is 4.79 Å². The Morgan fingerprint density at radius 1 is 1.06 bits per heavy atom. The highest BCUT2D eigenvalue weighted by molar-refractivity contribution is 5.81. The van der Waals surface area contributed by atoms with Gasteiger partial charge in [0.05, 0.1) is 11.8 Å². The van der Waals surface area contributed by atoms with Crippen LogP contribution in [0.3, 0.4) is 0 Å². The molecule has 0 bridgehead atoms. The Labute approximate surface area is 89.1 Å². The van der Waals surface area contributed by atoms with Crippen molar-refractivity contribution >= 4 is 11.0 Å². The quantitative estimate of drug-likeness (QED) is 0.536. The summed E-state index contributed by atoms with van der Waals surface area (Å²) < 4.78 is 10.2. The molecule has 2 aliphatic rings. The number of rotatable bonds is 0. The lowest BCUT2D eigenvalue weighted by atomic mass is 10.1. The molecule has 0 fully saturated rings. The lowest BCUT2D eigenvalue weighted by Crippen LogP contribution is -2.05. The van der Waals surface area contributed by atoms with Crippen molar-refractivity contribution in [3.05, 3.63) is 57.2 Å². The summed E-state index contributed by atoms with van der Waals surface area (Å²) in [5.74, 6) is 0.464. The van der Waals surface area contributed by atoms with E-state index in [1.54, 1.807) is 18.2 Å². The zero-order chi connectivity index (χ0) is 11.1. The average Bonchev–Trinajstić information content (AvgIpc) is 2.28.